The van der Waals surface area contributed by atoms with Crippen LogP contribution in [0.1, 0.15) is 18.4 Å². The van der Waals surface area contributed by atoms with Crippen LogP contribution in [0.4, 0.5) is 5.95 Å². The monoisotopic (exact) mass is 399 g/mol. The molecule has 4 rings (SSSR count). The molecule has 130 valence electrons. The van der Waals surface area contributed by atoms with Crippen molar-refractivity contribution in [2.45, 2.75) is 25.8 Å². The summed E-state index contributed by atoms with van der Waals surface area (Å²) in [7, 11) is 2.16. The zero-order valence-corrected chi connectivity index (χ0v) is 16.1. The smallest absolute Gasteiger partial charge is 0.223 e. The van der Waals surface area contributed by atoms with Crippen molar-refractivity contribution in [3.05, 3.63) is 40.6 Å². The molecular weight excluding hydrogens is 378 g/mol. The van der Waals surface area contributed by atoms with E-state index in [9.17, 15) is 0 Å². The molecule has 3 aromatic rings. The summed E-state index contributed by atoms with van der Waals surface area (Å²) in [5.74, 6) is 0.694. The van der Waals surface area contributed by atoms with Gasteiger partial charge in [0.2, 0.25) is 5.95 Å². The van der Waals surface area contributed by atoms with Gasteiger partial charge in [0, 0.05) is 41.4 Å². The number of hydrogen-bond acceptors (Lipinski definition) is 4. The zero-order valence-electron chi connectivity index (χ0n) is 14.5. The van der Waals surface area contributed by atoms with Crippen molar-refractivity contribution >= 4 is 32.8 Å². The largest absolute Gasteiger partial charge is 0.360 e. The standard InChI is InChI=1S/C19H22BrN5/c1-12-5-6-14-15(9-21-17(14)8-12)18-16(20)10-22-19(24-18)23-13-4-3-7-25(2)11-13/h5-6,8-10,13,21H,3-4,7,11H2,1-2H3,(H,22,23,24). The lowest BCUT2D eigenvalue weighted by atomic mass is 10.1. The van der Waals surface area contributed by atoms with Gasteiger partial charge >= 0.3 is 0 Å². The van der Waals surface area contributed by atoms with Crippen LogP contribution in [0, 0.1) is 6.92 Å². The molecule has 1 saturated heterocycles. The molecule has 5 nitrogen and oxygen atoms in total. The van der Waals surface area contributed by atoms with E-state index in [0.717, 1.165) is 34.2 Å². The number of aromatic nitrogens is 3. The second-order valence-electron chi connectivity index (χ2n) is 6.89. The first-order valence-electron chi connectivity index (χ1n) is 8.66. The van der Waals surface area contributed by atoms with Crippen molar-refractivity contribution in [3.63, 3.8) is 0 Å². The Hall–Kier alpha value is -1.92. The van der Waals surface area contributed by atoms with Crippen LogP contribution < -0.4 is 5.32 Å². The number of piperidine rings is 1. The van der Waals surface area contributed by atoms with E-state index in [2.05, 4.69) is 68.3 Å². The van der Waals surface area contributed by atoms with Gasteiger partial charge in [-0.25, -0.2) is 9.97 Å². The fraction of sp³-hybridized carbons (Fsp3) is 0.368. The number of hydrogen-bond donors (Lipinski definition) is 2. The highest BCUT2D eigenvalue weighted by atomic mass is 79.9. The number of rotatable bonds is 3. The Morgan fingerprint density at radius 3 is 3.08 bits per heavy atom. The summed E-state index contributed by atoms with van der Waals surface area (Å²) in [4.78, 5) is 15.0. The predicted octanol–water partition coefficient (Wildman–Crippen LogP) is 4.20. The number of anilines is 1. The fourth-order valence-electron chi connectivity index (χ4n) is 3.53. The Balaban J connectivity index is 1.67. The molecule has 0 bridgehead atoms. The average Bonchev–Trinajstić information content (AvgIpc) is 2.99. The quantitative estimate of drug-likeness (QED) is 0.692. The molecule has 1 fully saturated rings. The molecule has 1 atom stereocenters. The van der Waals surface area contributed by atoms with E-state index in [1.54, 1.807) is 0 Å². The Morgan fingerprint density at radius 2 is 2.24 bits per heavy atom. The van der Waals surface area contributed by atoms with Crippen molar-refractivity contribution in [1.29, 1.82) is 0 Å². The van der Waals surface area contributed by atoms with Crippen molar-refractivity contribution < 1.29 is 0 Å². The second-order valence-corrected chi connectivity index (χ2v) is 7.74. The number of aryl methyl sites for hydroxylation is 1. The molecule has 1 aliphatic heterocycles. The third kappa shape index (κ3) is 3.41. The van der Waals surface area contributed by atoms with Gasteiger partial charge in [-0.15, -0.1) is 0 Å². The number of H-pyrrole nitrogens is 1. The molecule has 3 heterocycles. The highest BCUT2D eigenvalue weighted by molar-refractivity contribution is 9.10. The minimum absolute atomic E-state index is 0.401. The maximum atomic E-state index is 4.80. The molecule has 2 aromatic heterocycles. The lowest BCUT2D eigenvalue weighted by Crippen LogP contribution is -2.40. The molecular formula is C19H22BrN5. The number of likely N-dealkylation sites (tertiary alicyclic amines) is 1. The number of fused-ring (bicyclic) bond motifs is 1. The summed E-state index contributed by atoms with van der Waals surface area (Å²) < 4.78 is 0.903. The summed E-state index contributed by atoms with van der Waals surface area (Å²) in [6, 6.07) is 6.84. The summed E-state index contributed by atoms with van der Waals surface area (Å²) in [6.07, 6.45) is 6.23. The number of halogens is 1. The minimum atomic E-state index is 0.401. The van der Waals surface area contributed by atoms with Gasteiger partial charge in [0.05, 0.1) is 10.2 Å². The molecule has 0 spiro atoms. The fourth-order valence-corrected chi connectivity index (χ4v) is 3.93. The van der Waals surface area contributed by atoms with Crippen molar-refractivity contribution in [1.82, 2.24) is 19.9 Å². The number of aromatic amines is 1. The first-order chi connectivity index (χ1) is 12.1. The normalized spacial score (nSPS) is 18.6. The number of nitrogens with zero attached hydrogens (tertiary/aromatic N) is 3. The van der Waals surface area contributed by atoms with Crippen LogP contribution in [-0.2, 0) is 0 Å². The van der Waals surface area contributed by atoms with Gasteiger partial charge in [0.15, 0.2) is 0 Å². The van der Waals surface area contributed by atoms with Crippen molar-refractivity contribution in [2.24, 2.45) is 0 Å². The number of benzene rings is 1. The number of likely N-dealkylation sites (N-methyl/N-ethyl adjacent to an activating group) is 1. The van der Waals surface area contributed by atoms with Gasteiger partial charge in [-0.1, -0.05) is 12.1 Å². The Kier molecular flexibility index (Phi) is 4.48. The second kappa shape index (κ2) is 6.77. The molecule has 25 heavy (non-hydrogen) atoms. The molecule has 0 aliphatic carbocycles. The van der Waals surface area contributed by atoms with E-state index in [4.69, 9.17) is 4.98 Å². The van der Waals surface area contributed by atoms with Gasteiger partial charge < -0.3 is 15.2 Å². The predicted molar refractivity (Wildman–Crippen MR) is 106 cm³/mol. The Labute approximate surface area is 156 Å². The topological polar surface area (TPSA) is 56.8 Å². The van der Waals surface area contributed by atoms with E-state index in [1.165, 1.54) is 23.9 Å². The van der Waals surface area contributed by atoms with Gasteiger partial charge in [0.25, 0.3) is 0 Å². The lowest BCUT2D eigenvalue weighted by Gasteiger charge is -2.30. The van der Waals surface area contributed by atoms with E-state index in [-0.39, 0.29) is 0 Å². The summed E-state index contributed by atoms with van der Waals surface area (Å²) in [5, 5.41) is 4.68. The van der Waals surface area contributed by atoms with Crippen LogP contribution in [0.2, 0.25) is 0 Å². The van der Waals surface area contributed by atoms with E-state index in [1.807, 2.05) is 12.4 Å². The van der Waals surface area contributed by atoms with Crippen molar-refractivity contribution in [2.75, 3.05) is 25.5 Å². The van der Waals surface area contributed by atoms with Gasteiger partial charge in [0.1, 0.15) is 0 Å². The third-order valence-corrected chi connectivity index (χ3v) is 5.37. The minimum Gasteiger partial charge on any atom is -0.360 e. The molecule has 1 unspecified atom stereocenters. The maximum Gasteiger partial charge on any atom is 0.223 e. The molecule has 6 heteroatoms. The molecule has 0 saturated carbocycles. The Morgan fingerprint density at radius 1 is 1.36 bits per heavy atom. The van der Waals surface area contributed by atoms with E-state index < -0.39 is 0 Å². The number of nitrogens with one attached hydrogen (secondary N) is 2. The van der Waals surface area contributed by atoms with Crippen LogP contribution in [0.15, 0.2) is 35.1 Å². The van der Waals surface area contributed by atoms with Gasteiger partial charge in [-0.05, 0) is 60.9 Å². The SMILES string of the molecule is Cc1ccc2c(-c3nc(NC4CCCN(C)C4)ncc3Br)c[nH]c2c1. The van der Waals surface area contributed by atoms with Crippen LogP contribution in [-0.4, -0.2) is 46.0 Å². The Bertz CT molecular complexity index is 904. The summed E-state index contributed by atoms with van der Waals surface area (Å²) >= 11 is 3.61. The maximum absolute atomic E-state index is 4.80. The van der Waals surface area contributed by atoms with Crippen LogP contribution in [0.25, 0.3) is 22.2 Å². The highest BCUT2D eigenvalue weighted by Gasteiger charge is 2.19. The van der Waals surface area contributed by atoms with Crippen LogP contribution >= 0.6 is 15.9 Å². The molecule has 0 radical (unpaired) electrons. The first kappa shape index (κ1) is 16.5. The molecule has 1 aromatic carbocycles. The van der Waals surface area contributed by atoms with E-state index >= 15 is 0 Å². The van der Waals surface area contributed by atoms with Crippen LogP contribution in [0.3, 0.4) is 0 Å². The van der Waals surface area contributed by atoms with E-state index in [0.29, 0.717) is 12.0 Å². The third-order valence-electron chi connectivity index (χ3n) is 4.79. The van der Waals surface area contributed by atoms with Gasteiger partial charge in [-0.3, -0.25) is 0 Å². The first-order valence-corrected chi connectivity index (χ1v) is 9.45. The molecule has 1 aliphatic rings. The molecule has 2 N–H and O–H groups in total. The lowest BCUT2D eigenvalue weighted by molar-refractivity contribution is 0.260. The zero-order chi connectivity index (χ0) is 17.4. The van der Waals surface area contributed by atoms with Crippen LogP contribution in [0.5, 0.6) is 0 Å². The van der Waals surface area contributed by atoms with Gasteiger partial charge in [-0.2, -0.15) is 0 Å². The van der Waals surface area contributed by atoms with Crippen molar-refractivity contribution in [3.8, 4) is 11.3 Å². The highest BCUT2D eigenvalue weighted by Crippen LogP contribution is 2.33. The average molecular weight is 400 g/mol. The summed E-state index contributed by atoms with van der Waals surface area (Å²) in [6.45, 7) is 4.30. The summed E-state index contributed by atoms with van der Waals surface area (Å²) in [5.41, 5.74) is 4.38. The molecule has 0 amide bonds.